The molecule has 0 saturated carbocycles. The molecule has 6 N–H and O–H groups in total. The van der Waals surface area contributed by atoms with Gasteiger partial charge < -0.3 is 26.4 Å². The quantitative estimate of drug-likeness (QED) is 0.337. The SMILES string of the molecule is NC(CCC(=O)O)C(=O)NCCC(O)C(=O)O. The zero-order valence-electron chi connectivity index (χ0n) is 9.13. The van der Waals surface area contributed by atoms with E-state index in [0.29, 0.717) is 0 Å². The highest BCUT2D eigenvalue weighted by atomic mass is 16.4. The first-order chi connectivity index (χ1) is 7.84. The monoisotopic (exact) mass is 248 g/mol. The molecule has 0 bridgehead atoms. The van der Waals surface area contributed by atoms with Crippen LogP contribution in [-0.2, 0) is 14.4 Å². The van der Waals surface area contributed by atoms with E-state index >= 15 is 0 Å². The summed E-state index contributed by atoms with van der Waals surface area (Å²) in [6, 6.07) is -0.951. The topological polar surface area (TPSA) is 150 Å². The summed E-state index contributed by atoms with van der Waals surface area (Å²) in [5.41, 5.74) is 5.39. The van der Waals surface area contributed by atoms with Crippen molar-refractivity contribution in [1.29, 1.82) is 0 Å². The van der Waals surface area contributed by atoms with Crippen LogP contribution in [-0.4, -0.2) is 51.9 Å². The van der Waals surface area contributed by atoms with Crippen molar-refractivity contribution in [3.05, 3.63) is 0 Å². The third-order valence-electron chi connectivity index (χ3n) is 2.01. The Balaban J connectivity index is 3.78. The molecule has 0 aliphatic rings. The van der Waals surface area contributed by atoms with E-state index in [-0.39, 0.29) is 25.8 Å². The summed E-state index contributed by atoms with van der Waals surface area (Å²) in [4.78, 5) is 31.7. The fourth-order valence-electron chi connectivity index (χ4n) is 0.997. The van der Waals surface area contributed by atoms with Gasteiger partial charge in [0.05, 0.1) is 6.04 Å². The average Bonchev–Trinajstić information content (AvgIpc) is 2.25. The van der Waals surface area contributed by atoms with E-state index in [2.05, 4.69) is 5.32 Å². The molecule has 0 saturated heterocycles. The summed E-state index contributed by atoms with van der Waals surface area (Å²) in [5, 5.41) is 27.9. The lowest BCUT2D eigenvalue weighted by Crippen LogP contribution is -2.42. The van der Waals surface area contributed by atoms with Gasteiger partial charge in [-0.05, 0) is 6.42 Å². The van der Waals surface area contributed by atoms with E-state index in [0.717, 1.165) is 0 Å². The lowest BCUT2D eigenvalue weighted by molar-refractivity contribution is -0.147. The summed E-state index contributed by atoms with van der Waals surface area (Å²) in [6.45, 7) is -0.0347. The number of hydrogen-bond donors (Lipinski definition) is 5. The zero-order valence-corrected chi connectivity index (χ0v) is 9.13. The standard InChI is InChI=1S/C9H16N2O6/c10-5(1-2-7(13)14)8(15)11-4-3-6(12)9(16)17/h5-6,12H,1-4,10H2,(H,11,15)(H,13,14)(H,16,17). The third-order valence-corrected chi connectivity index (χ3v) is 2.01. The van der Waals surface area contributed by atoms with Gasteiger partial charge in [0.25, 0.3) is 0 Å². The molecule has 17 heavy (non-hydrogen) atoms. The van der Waals surface area contributed by atoms with Crippen LogP contribution < -0.4 is 11.1 Å². The van der Waals surface area contributed by atoms with E-state index in [1.807, 2.05) is 0 Å². The predicted molar refractivity (Wildman–Crippen MR) is 56.1 cm³/mol. The summed E-state index contributed by atoms with van der Waals surface area (Å²) in [6.07, 6.45) is -1.88. The Labute approximate surface area is 97.4 Å². The number of amides is 1. The summed E-state index contributed by atoms with van der Waals surface area (Å²) >= 11 is 0. The molecule has 2 unspecified atom stereocenters. The van der Waals surface area contributed by atoms with E-state index in [1.54, 1.807) is 0 Å². The molecule has 1 amide bonds. The molecule has 0 aromatic carbocycles. The molecule has 0 spiro atoms. The molecule has 2 atom stereocenters. The Bertz CT molecular complexity index is 293. The Morgan fingerprint density at radius 2 is 1.76 bits per heavy atom. The Hall–Kier alpha value is -1.67. The first-order valence-corrected chi connectivity index (χ1v) is 5.00. The number of hydrogen-bond acceptors (Lipinski definition) is 5. The molecule has 8 nitrogen and oxygen atoms in total. The summed E-state index contributed by atoms with van der Waals surface area (Å²) in [7, 11) is 0. The van der Waals surface area contributed by atoms with Crippen molar-refractivity contribution < 1.29 is 29.7 Å². The molecule has 8 heteroatoms. The number of nitrogens with one attached hydrogen (secondary N) is 1. The van der Waals surface area contributed by atoms with Gasteiger partial charge >= 0.3 is 11.9 Å². The van der Waals surface area contributed by atoms with Crippen molar-refractivity contribution in [1.82, 2.24) is 5.32 Å². The number of carbonyl (C=O) groups is 3. The highest BCUT2D eigenvalue weighted by Crippen LogP contribution is 1.95. The highest BCUT2D eigenvalue weighted by Gasteiger charge is 2.16. The normalized spacial score (nSPS) is 13.8. The molecule has 0 fully saturated rings. The van der Waals surface area contributed by atoms with E-state index in [9.17, 15) is 14.4 Å². The summed E-state index contributed by atoms with van der Waals surface area (Å²) in [5.74, 6) is -2.98. The van der Waals surface area contributed by atoms with E-state index < -0.39 is 30.0 Å². The number of aliphatic hydroxyl groups excluding tert-OH is 1. The lowest BCUT2D eigenvalue weighted by atomic mass is 10.1. The van der Waals surface area contributed by atoms with Gasteiger partial charge in [-0.3, -0.25) is 9.59 Å². The fourth-order valence-corrected chi connectivity index (χ4v) is 0.997. The second-order valence-corrected chi connectivity index (χ2v) is 3.47. The first-order valence-electron chi connectivity index (χ1n) is 5.00. The Morgan fingerprint density at radius 3 is 2.24 bits per heavy atom. The molecule has 98 valence electrons. The molecular weight excluding hydrogens is 232 g/mol. The largest absolute Gasteiger partial charge is 0.481 e. The van der Waals surface area contributed by atoms with Gasteiger partial charge in [0, 0.05) is 19.4 Å². The number of aliphatic hydroxyl groups is 1. The molecule has 0 aliphatic heterocycles. The van der Waals surface area contributed by atoms with Gasteiger partial charge in [-0.2, -0.15) is 0 Å². The minimum absolute atomic E-state index is 0.00263. The number of rotatable bonds is 8. The van der Waals surface area contributed by atoms with Crippen molar-refractivity contribution in [2.45, 2.75) is 31.4 Å². The third kappa shape index (κ3) is 7.25. The number of carboxylic acids is 2. The fraction of sp³-hybridized carbons (Fsp3) is 0.667. The number of aliphatic carboxylic acids is 2. The maximum absolute atomic E-state index is 11.2. The number of carboxylic acid groups (broad SMARTS) is 2. The summed E-state index contributed by atoms with van der Waals surface area (Å²) < 4.78 is 0. The van der Waals surface area contributed by atoms with Crippen molar-refractivity contribution in [3.63, 3.8) is 0 Å². The molecule has 0 aliphatic carbocycles. The Morgan fingerprint density at radius 1 is 1.18 bits per heavy atom. The molecule has 0 rings (SSSR count). The van der Waals surface area contributed by atoms with Crippen LogP contribution >= 0.6 is 0 Å². The van der Waals surface area contributed by atoms with Crippen LogP contribution in [0, 0.1) is 0 Å². The predicted octanol–water partition coefficient (Wildman–Crippen LogP) is -1.87. The number of carbonyl (C=O) groups excluding carboxylic acids is 1. The van der Waals surface area contributed by atoms with Crippen LogP contribution in [0.2, 0.25) is 0 Å². The van der Waals surface area contributed by atoms with Crippen molar-refractivity contribution in [2.24, 2.45) is 5.73 Å². The first kappa shape index (κ1) is 15.3. The van der Waals surface area contributed by atoms with Gasteiger partial charge in [-0.25, -0.2) is 4.79 Å². The second kappa shape index (κ2) is 7.58. The lowest BCUT2D eigenvalue weighted by Gasteiger charge is -2.11. The van der Waals surface area contributed by atoms with Crippen LogP contribution in [0.3, 0.4) is 0 Å². The molecular formula is C9H16N2O6. The maximum Gasteiger partial charge on any atom is 0.332 e. The molecule has 0 aromatic rings. The minimum Gasteiger partial charge on any atom is -0.481 e. The smallest absolute Gasteiger partial charge is 0.332 e. The van der Waals surface area contributed by atoms with E-state index in [4.69, 9.17) is 21.1 Å². The van der Waals surface area contributed by atoms with Crippen molar-refractivity contribution in [3.8, 4) is 0 Å². The van der Waals surface area contributed by atoms with Crippen LogP contribution in [0.4, 0.5) is 0 Å². The van der Waals surface area contributed by atoms with Crippen molar-refractivity contribution in [2.75, 3.05) is 6.54 Å². The van der Waals surface area contributed by atoms with Gasteiger partial charge in [0.15, 0.2) is 6.10 Å². The maximum atomic E-state index is 11.2. The van der Waals surface area contributed by atoms with Crippen molar-refractivity contribution >= 4 is 17.8 Å². The molecule has 0 heterocycles. The van der Waals surface area contributed by atoms with Gasteiger partial charge in [-0.15, -0.1) is 0 Å². The van der Waals surface area contributed by atoms with Crippen LogP contribution in [0.25, 0.3) is 0 Å². The van der Waals surface area contributed by atoms with Gasteiger partial charge in [0.2, 0.25) is 5.91 Å². The van der Waals surface area contributed by atoms with E-state index in [1.165, 1.54) is 0 Å². The molecule has 0 aromatic heterocycles. The average molecular weight is 248 g/mol. The number of nitrogens with two attached hydrogens (primary N) is 1. The van der Waals surface area contributed by atoms with Crippen LogP contribution in [0.5, 0.6) is 0 Å². The zero-order chi connectivity index (χ0) is 13.4. The Kier molecular flexibility index (Phi) is 6.83. The van der Waals surface area contributed by atoms with Gasteiger partial charge in [-0.1, -0.05) is 0 Å². The minimum atomic E-state index is -1.54. The van der Waals surface area contributed by atoms with Crippen LogP contribution in [0.15, 0.2) is 0 Å². The van der Waals surface area contributed by atoms with Gasteiger partial charge in [0.1, 0.15) is 0 Å². The highest BCUT2D eigenvalue weighted by molar-refractivity contribution is 5.82. The van der Waals surface area contributed by atoms with Crippen LogP contribution in [0.1, 0.15) is 19.3 Å². The second-order valence-electron chi connectivity index (χ2n) is 3.47. The molecule has 0 radical (unpaired) electrons.